The second kappa shape index (κ2) is 8.51. The highest BCUT2D eigenvalue weighted by Crippen LogP contribution is 2.45. The van der Waals surface area contributed by atoms with Crippen LogP contribution >= 0.6 is 11.8 Å². The molecule has 1 amide bonds. The highest BCUT2D eigenvalue weighted by molar-refractivity contribution is 8.01. The summed E-state index contributed by atoms with van der Waals surface area (Å²) < 4.78 is 28.4. The molecule has 0 aliphatic carbocycles. The molecule has 0 spiro atoms. The fourth-order valence-electron chi connectivity index (χ4n) is 3.25. The molecule has 0 aromatic heterocycles. The first-order chi connectivity index (χ1) is 14.3. The van der Waals surface area contributed by atoms with Crippen molar-refractivity contribution in [2.75, 3.05) is 10.8 Å². The first-order valence-electron chi connectivity index (χ1n) is 10.5. The molecule has 1 atom stereocenters. The summed E-state index contributed by atoms with van der Waals surface area (Å²) in [6, 6.07) is 13.8. The third-order valence-electron chi connectivity index (χ3n) is 5.77. The number of carbonyl (C=O) groups excluding carboxylic acids is 1. The van der Waals surface area contributed by atoms with E-state index < -0.39 is 10.0 Å². The Labute approximate surface area is 190 Å². The number of benzene rings is 2. The van der Waals surface area contributed by atoms with E-state index in [4.69, 9.17) is 0 Å². The standard InChI is InChI=1S/C24H32N2O3S2/c1-17(23(2,3)4)25-22(27)18-12-13-21-20(16-18)26(15-14-24(5,6)30-21)31(28,29)19-10-8-7-9-11-19/h7-13,16-17H,14-15H2,1-6H3,(H,25,27)/t17-/m1/s1. The van der Waals surface area contributed by atoms with Gasteiger partial charge < -0.3 is 5.32 Å². The van der Waals surface area contributed by atoms with E-state index in [1.807, 2.05) is 13.0 Å². The number of thioether (sulfide) groups is 1. The van der Waals surface area contributed by atoms with Crippen LogP contribution in [0.15, 0.2) is 58.3 Å². The molecule has 1 aliphatic heterocycles. The molecule has 7 heteroatoms. The SMILES string of the molecule is C[C@@H](NC(=O)c1ccc2c(c1)N(S(=O)(=O)c1ccccc1)CCC(C)(C)S2)C(C)(C)C. The van der Waals surface area contributed by atoms with Gasteiger partial charge in [-0.2, -0.15) is 0 Å². The van der Waals surface area contributed by atoms with Gasteiger partial charge in [0.1, 0.15) is 0 Å². The van der Waals surface area contributed by atoms with Gasteiger partial charge in [0.25, 0.3) is 15.9 Å². The van der Waals surface area contributed by atoms with Crippen molar-refractivity contribution in [3.05, 3.63) is 54.1 Å². The predicted molar refractivity (Wildman–Crippen MR) is 128 cm³/mol. The van der Waals surface area contributed by atoms with Gasteiger partial charge in [0, 0.05) is 27.8 Å². The first-order valence-corrected chi connectivity index (χ1v) is 12.8. The van der Waals surface area contributed by atoms with Gasteiger partial charge in [0.05, 0.1) is 10.6 Å². The molecular weight excluding hydrogens is 428 g/mol. The van der Waals surface area contributed by atoms with Crippen LogP contribution in [0.1, 0.15) is 58.3 Å². The van der Waals surface area contributed by atoms with E-state index in [2.05, 4.69) is 39.9 Å². The minimum Gasteiger partial charge on any atom is -0.349 e. The lowest BCUT2D eigenvalue weighted by molar-refractivity contribution is 0.0910. The highest BCUT2D eigenvalue weighted by atomic mass is 32.2. The molecule has 0 unspecified atom stereocenters. The van der Waals surface area contributed by atoms with Gasteiger partial charge in [0.2, 0.25) is 0 Å². The Morgan fingerprint density at radius 2 is 1.77 bits per heavy atom. The average molecular weight is 461 g/mol. The number of nitrogens with one attached hydrogen (secondary N) is 1. The van der Waals surface area contributed by atoms with E-state index in [1.165, 1.54) is 4.31 Å². The third kappa shape index (κ3) is 5.26. The minimum atomic E-state index is -3.75. The van der Waals surface area contributed by atoms with E-state index in [1.54, 1.807) is 54.2 Å². The molecule has 1 aliphatic rings. The summed E-state index contributed by atoms with van der Waals surface area (Å²) in [5, 5.41) is 3.05. The number of sulfonamides is 1. The van der Waals surface area contributed by atoms with Crippen molar-refractivity contribution in [1.29, 1.82) is 0 Å². The molecule has 0 saturated heterocycles. The Kier molecular flexibility index (Phi) is 6.50. The van der Waals surface area contributed by atoms with Gasteiger partial charge in [-0.25, -0.2) is 8.42 Å². The zero-order valence-electron chi connectivity index (χ0n) is 19.1. The Balaban J connectivity index is 2.06. The Bertz CT molecular complexity index is 1060. The summed E-state index contributed by atoms with van der Waals surface area (Å²) in [6.07, 6.45) is 0.695. The number of hydrogen-bond acceptors (Lipinski definition) is 4. The van der Waals surface area contributed by atoms with E-state index in [9.17, 15) is 13.2 Å². The van der Waals surface area contributed by atoms with Crippen molar-refractivity contribution < 1.29 is 13.2 Å². The predicted octanol–water partition coefficient (Wildman–Crippen LogP) is 5.32. The van der Waals surface area contributed by atoms with Crippen LogP contribution in [0.2, 0.25) is 0 Å². The quantitative estimate of drug-likeness (QED) is 0.670. The number of anilines is 1. The van der Waals surface area contributed by atoms with E-state index in [0.717, 1.165) is 4.90 Å². The van der Waals surface area contributed by atoms with Crippen molar-refractivity contribution in [2.24, 2.45) is 5.41 Å². The molecule has 3 rings (SSSR count). The number of fused-ring (bicyclic) bond motifs is 1. The van der Waals surface area contributed by atoms with Crippen LogP contribution in [0.4, 0.5) is 5.69 Å². The Morgan fingerprint density at radius 3 is 2.39 bits per heavy atom. The van der Waals surface area contributed by atoms with Crippen LogP contribution in [-0.2, 0) is 10.0 Å². The van der Waals surface area contributed by atoms with Gasteiger partial charge in [-0.05, 0) is 49.1 Å². The molecule has 168 valence electrons. The second-order valence-corrected chi connectivity index (χ2v) is 13.4. The zero-order valence-corrected chi connectivity index (χ0v) is 20.7. The zero-order chi connectivity index (χ0) is 23.0. The smallest absolute Gasteiger partial charge is 0.264 e. The summed E-state index contributed by atoms with van der Waals surface area (Å²) in [5.74, 6) is -0.198. The molecule has 2 aromatic carbocycles. The molecule has 0 fully saturated rings. The maximum absolute atomic E-state index is 13.5. The fourth-order valence-corrected chi connectivity index (χ4v) is 6.00. The molecule has 1 N–H and O–H groups in total. The average Bonchev–Trinajstić information content (AvgIpc) is 2.82. The molecule has 0 radical (unpaired) electrons. The second-order valence-electron chi connectivity index (χ2n) is 9.75. The van der Waals surface area contributed by atoms with Gasteiger partial charge in [-0.1, -0.05) is 52.8 Å². The fraction of sp³-hybridized carbons (Fsp3) is 0.458. The summed E-state index contributed by atoms with van der Waals surface area (Å²) in [6.45, 7) is 12.8. The number of nitrogens with zero attached hydrogens (tertiary/aromatic N) is 1. The largest absolute Gasteiger partial charge is 0.349 e. The number of carbonyl (C=O) groups is 1. The molecule has 2 aromatic rings. The topological polar surface area (TPSA) is 66.5 Å². The van der Waals surface area contributed by atoms with Gasteiger partial charge in [-0.3, -0.25) is 9.10 Å². The van der Waals surface area contributed by atoms with Crippen molar-refractivity contribution >= 4 is 33.4 Å². The molecule has 5 nitrogen and oxygen atoms in total. The minimum absolute atomic E-state index is 0.0312. The van der Waals surface area contributed by atoms with Crippen LogP contribution in [0, 0.1) is 5.41 Å². The van der Waals surface area contributed by atoms with Gasteiger partial charge in [-0.15, -0.1) is 11.8 Å². The van der Waals surface area contributed by atoms with Crippen LogP contribution in [0.3, 0.4) is 0 Å². The maximum Gasteiger partial charge on any atom is 0.264 e. The lowest BCUT2D eigenvalue weighted by Gasteiger charge is -2.28. The van der Waals surface area contributed by atoms with Gasteiger partial charge >= 0.3 is 0 Å². The number of hydrogen-bond donors (Lipinski definition) is 1. The maximum atomic E-state index is 13.5. The van der Waals surface area contributed by atoms with E-state index >= 15 is 0 Å². The van der Waals surface area contributed by atoms with Crippen LogP contribution < -0.4 is 9.62 Å². The third-order valence-corrected chi connectivity index (χ3v) is 8.92. The summed E-state index contributed by atoms with van der Waals surface area (Å²) in [4.78, 5) is 14.1. The summed E-state index contributed by atoms with van der Waals surface area (Å²) in [7, 11) is -3.75. The monoisotopic (exact) mass is 460 g/mol. The molecule has 1 heterocycles. The van der Waals surface area contributed by atoms with Crippen molar-refractivity contribution in [3.8, 4) is 0 Å². The Morgan fingerprint density at radius 1 is 1.13 bits per heavy atom. The van der Waals surface area contributed by atoms with Crippen molar-refractivity contribution in [2.45, 2.75) is 68.5 Å². The highest BCUT2D eigenvalue weighted by Gasteiger charge is 2.34. The molecule has 31 heavy (non-hydrogen) atoms. The van der Waals surface area contributed by atoms with Crippen molar-refractivity contribution in [3.63, 3.8) is 0 Å². The Hall–Kier alpha value is -1.99. The molecular formula is C24H32N2O3S2. The van der Waals surface area contributed by atoms with Crippen LogP contribution in [0.5, 0.6) is 0 Å². The van der Waals surface area contributed by atoms with E-state index in [0.29, 0.717) is 24.2 Å². The number of amides is 1. The first kappa shape index (κ1) is 23.7. The van der Waals surface area contributed by atoms with E-state index in [-0.39, 0.29) is 27.0 Å². The van der Waals surface area contributed by atoms with Crippen molar-refractivity contribution in [1.82, 2.24) is 5.32 Å². The molecule has 0 saturated carbocycles. The van der Waals surface area contributed by atoms with Crippen LogP contribution in [0.25, 0.3) is 0 Å². The van der Waals surface area contributed by atoms with Crippen LogP contribution in [-0.4, -0.2) is 31.7 Å². The summed E-state index contributed by atoms with van der Waals surface area (Å²) in [5.41, 5.74) is 0.947. The molecule has 0 bridgehead atoms. The lowest BCUT2D eigenvalue weighted by atomic mass is 9.88. The lowest BCUT2D eigenvalue weighted by Crippen LogP contribution is -2.41. The van der Waals surface area contributed by atoms with Gasteiger partial charge in [0.15, 0.2) is 0 Å². The normalized spacial score (nSPS) is 17.4. The summed E-state index contributed by atoms with van der Waals surface area (Å²) >= 11 is 1.65. The number of rotatable bonds is 4.